The van der Waals surface area contributed by atoms with Crippen LogP contribution >= 0.6 is 0 Å². The van der Waals surface area contributed by atoms with Gasteiger partial charge in [-0.2, -0.15) is 0 Å². The summed E-state index contributed by atoms with van der Waals surface area (Å²) in [4.78, 5) is 24.9. The second kappa shape index (κ2) is 6.30. The maximum absolute atomic E-state index is 11.4. The molecule has 0 aliphatic carbocycles. The second-order valence-corrected chi connectivity index (χ2v) is 3.23. The minimum Gasteiger partial charge on any atom is -0.469 e. The Kier molecular flexibility index (Phi) is 4.72. The van der Waals surface area contributed by atoms with Gasteiger partial charge in [-0.1, -0.05) is 24.3 Å². The van der Waals surface area contributed by atoms with Crippen molar-refractivity contribution in [3.63, 3.8) is 0 Å². The maximum Gasteiger partial charge on any atom is 0.305 e. The molecule has 0 N–H and O–H groups in total. The number of methoxy groups -OCH3 is 1. The predicted molar refractivity (Wildman–Crippen MR) is 60.3 cm³/mol. The van der Waals surface area contributed by atoms with E-state index in [4.69, 9.17) is 5.53 Å². The smallest absolute Gasteiger partial charge is 0.305 e. The molecule has 6 nitrogen and oxygen atoms in total. The highest BCUT2D eigenvalue weighted by Crippen LogP contribution is 2.13. The highest BCUT2D eigenvalue weighted by Gasteiger charge is 2.10. The number of nitrogens with zero attached hydrogens (tertiary/aromatic N) is 3. The number of esters is 1. The molecular formula is C11H11N3O3. The average molecular weight is 233 g/mol. The molecule has 0 aliphatic heterocycles. The number of hydrogen-bond acceptors (Lipinski definition) is 3. The van der Waals surface area contributed by atoms with E-state index in [0.29, 0.717) is 17.5 Å². The van der Waals surface area contributed by atoms with Gasteiger partial charge in [0.1, 0.15) is 0 Å². The van der Waals surface area contributed by atoms with E-state index in [9.17, 15) is 9.59 Å². The fourth-order valence-electron chi connectivity index (χ4n) is 1.38. The molecule has 0 saturated heterocycles. The molecule has 1 rings (SSSR count). The fraction of sp³-hybridized carbons (Fsp3) is 0.273. The summed E-state index contributed by atoms with van der Waals surface area (Å²) in [6, 6.07) is 6.69. The van der Waals surface area contributed by atoms with E-state index in [1.807, 2.05) is 0 Å². The van der Waals surface area contributed by atoms with Gasteiger partial charge in [-0.05, 0) is 22.6 Å². The van der Waals surface area contributed by atoms with Gasteiger partial charge in [0.25, 0.3) is 0 Å². The summed E-state index contributed by atoms with van der Waals surface area (Å²) < 4.78 is 4.51. The molecule has 0 unspecified atom stereocenters. The van der Waals surface area contributed by atoms with Gasteiger partial charge in [0.15, 0.2) is 0 Å². The molecule has 1 aromatic carbocycles. The zero-order chi connectivity index (χ0) is 12.7. The van der Waals surface area contributed by atoms with Crippen molar-refractivity contribution in [1.29, 1.82) is 0 Å². The number of rotatable bonds is 4. The number of carbonyl (C=O) groups excluding carboxylic acids is 2. The largest absolute Gasteiger partial charge is 0.469 e. The molecule has 0 radical (unpaired) electrons. The summed E-state index contributed by atoms with van der Waals surface area (Å²) in [7, 11) is 1.30. The van der Waals surface area contributed by atoms with Crippen LogP contribution < -0.4 is 0 Å². The number of amides is 1. The van der Waals surface area contributed by atoms with Crippen molar-refractivity contribution in [1.82, 2.24) is 0 Å². The van der Waals surface area contributed by atoms with E-state index >= 15 is 0 Å². The number of azide groups is 1. The van der Waals surface area contributed by atoms with Crippen molar-refractivity contribution >= 4 is 11.9 Å². The summed E-state index contributed by atoms with van der Waals surface area (Å²) >= 11 is 0. The molecule has 1 amide bonds. The summed E-state index contributed by atoms with van der Waals surface area (Å²) in [6.07, 6.45) is 0.548. The Morgan fingerprint density at radius 1 is 1.41 bits per heavy atom. The van der Waals surface area contributed by atoms with E-state index in [1.165, 1.54) is 7.11 Å². The minimum atomic E-state index is -0.645. The first-order valence-electron chi connectivity index (χ1n) is 4.93. The van der Waals surface area contributed by atoms with Crippen LogP contribution in [-0.4, -0.2) is 19.0 Å². The molecular weight excluding hydrogens is 222 g/mol. The van der Waals surface area contributed by atoms with Crippen molar-refractivity contribution in [2.24, 2.45) is 5.11 Å². The topological polar surface area (TPSA) is 92.1 Å². The molecule has 0 spiro atoms. The van der Waals surface area contributed by atoms with E-state index in [0.717, 1.165) is 0 Å². The van der Waals surface area contributed by atoms with Gasteiger partial charge in [-0.3, -0.25) is 9.59 Å². The van der Waals surface area contributed by atoms with Gasteiger partial charge in [-0.25, -0.2) is 0 Å². The van der Waals surface area contributed by atoms with Gasteiger partial charge in [0.05, 0.1) is 7.11 Å². The van der Waals surface area contributed by atoms with Crippen LogP contribution in [0.2, 0.25) is 0 Å². The molecule has 0 heterocycles. The molecule has 6 heteroatoms. The van der Waals surface area contributed by atoms with Crippen molar-refractivity contribution in [2.75, 3.05) is 7.11 Å². The van der Waals surface area contributed by atoms with E-state index < -0.39 is 5.91 Å². The third kappa shape index (κ3) is 3.62. The number of carbonyl (C=O) groups is 2. The molecule has 88 valence electrons. The van der Waals surface area contributed by atoms with Crippen LogP contribution in [0.25, 0.3) is 10.4 Å². The third-order valence-electron chi connectivity index (χ3n) is 2.21. The van der Waals surface area contributed by atoms with Crippen LogP contribution in [0, 0.1) is 0 Å². The number of ether oxygens (including phenoxy) is 1. The van der Waals surface area contributed by atoms with Crippen molar-refractivity contribution in [3.8, 4) is 0 Å². The Morgan fingerprint density at radius 2 is 2.12 bits per heavy atom. The predicted octanol–water partition coefficient (Wildman–Crippen LogP) is 2.24. The van der Waals surface area contributed by atoms with Crippen molar-refractivity contribution < 1.29 is 14.3 Å². The van der Waals surface area contributed by atoms with Gasteiger partial charge in [0, 0.05) is 16.9 Å². The standard InChI is InChI=1S/C11H11N3O3/c1-17-10(15)7-6-8-4-2-3-5-9(8)11(16)13-14-12/h2-5H,6-7H2,1H3. The molecule has 0 bridgehead atoms. The SMILES string of the molecule is COC(=O)CCc1ccccc1C(=O)N=[N+]=[N-]. The number of benzene rings is 1. The van der Waals surface area contributed by atoms with Gasteiger partial charge in [0.2, 0.25) is 5.91 Å². The van der Waals surface area contributed by atoms with Gasteiger partial charge in [-0.15, -0.1) is 0 Å². The Bertz CT molecular complexity index is 479. The maximum atomic E-state index is 11.4. The molecule has 1 aromatic rings. The van der Waals surface area contributed by atoms with Crippen LogP contribution in [0.15, 0.2) is 29.4 Å². The highest BCUT2D eigenvalue weighted by molar-refractivity contribution is 5.96. The third-order valence-corrected chi connectivity index (χ3v) is 2.21. The summed E-state index contributed by atoms with van der Waals surface area (Å²) in [6.45, 7) is 0. The van der Waals surface area contributed by atoms with E-state index in [1.54, 1.807) is 24.3 Å². The lowest BCUT2D eigenvalue weighted by Gasteiger charge is -2.05. The quantitative estimate of drug-likeness (QED) is 0.345. The van der Waals surface area contributed by atoms with Crippen molar-refractivity contribution in [3.05, 3.63) is 45.8 Å². The lowest BCUT2D eigenvalue weighted by Crippen LogP contribution is -2.05. The first-order chi connectivity index (χ1) is 8.19. The number of hydrogen-bond donors (Lipinski definition) is 0. The Labute approximate surface area is 97.8 Å². The minimum absolute atomic E-state index is 0.178. The monoisotopic (exact) mass is 233 g/mol. The Morgan fingerprint density at radius 3 is 2.76 bits per heavy atom. The zero-order valence-corrected chi connectivity index (χ0v) is 9.29. The molecule has 0 aliphatic rings. The van der Waals surface area contributed by atoms with Crippen LogP contribution in [-0.2, 0) is 16.0 Å². The van der Waals surface area contributed by atoms with E-state index in [2.05, 4.69) is 14.8 Å². The first-order valence-corrected chi connectivity index (χ1v) is 4.93. The molecule has 0 atom stereocenters. The first kappa shape index (κ1) is 12.7. The molecule has 0 fully saturated rings. The normalized spacial score (nSPS) is 9.24. The Balaban J connectivity index is 2.88. The second-order valence-electron chi connectivity index (χ2n) is 3.23. The van der Waals surface area contributed by atoms with Crippen LogP contribution in [0.4, 0.5) is 0 Å². The number of aryl methyl sites for hydroxylation is 1. The summed E-state index contributed by atoms with van der Waals surface area (Å²) in [5.74, 6) is -0.996. The fourth-order valence-corrected chi connectivity index (χ4v) is 1.38. The summed E-state index contributed by atoms with van der Waals surface area (Å²) in [5, 5.41) is 3.03. The van der Waals surface area contributed by atoms with Crippen molar-refractivity contribution in [2.45, 2.75) is 12.8 Å². The molecule has 0 aromatic heterocycles. The lowest BCUT2D eigenvalue weighted by molar-refractivity contribution is -0.140. The average Bonchev–Trinajstić information content (AvgIpc) is 2.36. The summed E-state index contributed by atoms with van der Waals surface area (Å²) in [5.41, 5.74) is 9.18. The molecule has 0 saturated carbocycles. The zero-order valence-electron chi connectivity index (χ0n) is 9.29. The lowest BCUT2D eigenvalue weighted by atomic mass is 10.0. The van der Waals surface area contributed by atoms with Crippen LogP contribution in [0.5, 0.6) is 0 Å². The Hall–Kier alpha value is -2.33. The van der Waals surface area contributed by atoms with Crippen LogP contribution in [0.1, 0.15) is 22.3 Å². The van der Waals surface area contributed by atoms with Crippen LogP contribution in [0.3, 0.4) is 0 Å². The van der Waals surface area contributed by atoms with Gasteiger partial charge >= 0.3 is 5.97 Å². The van der Waals surface area contributed by atoms with E-state index in [-0.39, 0.29) is 12.4 Å². The molecule has 17 heavy (non-hydrogen) atoms. The van der Waals surface area contributed by atoms with Gasteiger partial charge < -0.3 is 4.74 Å². The highest BCUT2D eigenvalue weighted by atomic mass is 16.5.